The highest BCUT2D eigenvalue weighted by Gasteiger charge is 2.31. The second-order valence-electron chi connectivity index (χ2n) is 12.8. The lowest BCUT2D eigenvalue weighted by Gasteiger charge is -2.18. The van der Waals surface area contributed by atoms with Crippen molar-refractivity contribution in [3.05, 3.63) is 121 Å². The minimum absolute atomic E-state index is 0.0133. The zero-order valence-electron chi connectivity index (χ0n) is 29.8. The molecule has 60 heavy (non-hydrogen) atoms. The van der Waals surface area contributed by atoms with Gasteiger partial charge in [0, 0.05) is 33.6 Å². The van der Waals surface area contributed by atoms with E-state index in [4.69, 9.17) is 11.5 Å². The molecule has 18 nitrogen and oxygen atoms in total. The van der Waals surface area contributed by atoms with E-state index in [1.54, 1.807) is 0 Å². The number of nitrogens with two attached hydrogens (primary N) is 2. The number of hydrogen-bond acceptors (Lipinski definition) is 14. The Morgan fingerprint density at radius 2 is 0.583 bits per heavy atom. The quantitative estimate of drug-likeness (QED) is 0.0769. The SMILES string of the molecule is Nc1ccc(-c2ccc(N)cc2S(=O)(=O)c2ccc(-c3ccc(S(=O)(=O)O)cc3)c(S(=O)(=O)O)c2)c(S(=O)(=O)c2ccc(-c3ccc(S(=O)(=O)O)cc3)c(S(=O)(=O)O)c2)c1. The van der Waals surface area contributed by atoms with Crippen LogP contribution in [0.2, 0.25) is 0 Å². The lowest BCUT2D eigenvalue weighted by Crippen LogP contribution is -2.11. The molecule has 0 saturated carbocycles. The number of rotatable bonds is 11. The fourth-order valence-corrected chi connectivity index (χ4v) is 11.7. The number of sulfone groups is 2. The van der Waals surface area contributed by atoms with E-state index >= 15 is 0 Å². The van der Waals surface area contributed by atoms with Crippen molar-refractivity contribution in [3.63, 3.8) is 0 Å². The Bertz CT molecular complexity index is 3220. The van der Waals surface area contributed by atoms with E-state index in [9.17, 15) is 68.7 Å². The van der Waals surface area contributed by atoms with Crippen molar-refractivity contribution in [2.45, 2.75) is 39.2 Å². The maximum absolute atomic E-state index is 14.4. The van der Waals surface area contributed by atoms with E-state index in [0.29, 0.717) is 12.1 Å². The Kier molecular flexibility index (Phi) is 11.1. The molecule has 0 aromatic heterocycles. The van der Waals surface area contributed by atoms with Gasteiger partial charge in [-0.05, 0) is 83.9 Å². The lowest BCUT2D eigenvalue weighted by atomic mass is 10.0. The normalized spacial score (nSPS) is 12.9. The lowest BCUT2D eigenvalue weighted by molar-refractivity contribution is 0.480. The van der Waals surface area contributed by atoms with Gasteiger partial charge < -0.3 is 11.5 Å². The standard InChI is InChI=1S/C36H28N2O16S6/c37-23-5-13-31(33(17-23)55(39,40)27-11-15-29(35(19-27)59(49,50)51)21-1-7-25(8-2-21)57(43,44)45)32-14-6-24(38)18-34(32)56(41,42)28-12-16-30(36(20-28)60(52,53)54)22-3-9-26(10-4-22)58(46,47)48/h1-20H,37-38H2,(H,43,44,45)(H,46,47,48)(H,49,50,51)(H,52,53,54). The number of nitrogen functional groups attached to an aromatic ring is 2. The van der Waals surface area contributed by atoms with Crippen molar-refractivity contribution >= 4 is 71.5 Å². The van der Waals surface area contributed by atoms with Crippen molar-refractivity contribution in [2.75, 3.05) is 11.5 Å². The fraction of sp³-hybridized carbons (Fsp3) is 0. The first-order chi connectivity index (χ1) is 27.6. The smallest absolute Gasteiger partial charge is 0.295 e. The van der Waals surface area contributed by atoms with E-state index in [-0.39, 0.29) is 44.8 Å². The van der Waals surface area contributed by atoms with Crippen LogP contribution in [0.25, 0.3) is 33.4 Å². The molecule has 6 aromatic carbocycles. The van der Waals surface area contributed by atoms with Crippen LogP contribution in [-0.4, -0.2) is 68.7 Å². The highest BCUT2D eigenvalue weighted by atomic mass is 32.2. The van der Waals surface area contributed by atoms with Crippen molar-refractivity contribution in [1.82, 2.24) is 0 Å². The van der Waals surface area contributed by atoms with Gasteiger partial charge in [0.2, 0.25) is 19.7 Å². The van der Waals surface area contributed by atoms with Crippen LogP contribution in [0.15, 0.2) is 160 Å². The summed E-state index contributed by atoms with van der Waals surface area (Å²) in [5.41, 5.74) is 10.4. The van der Waals surface area contributed by atoms with E-state index in [1.807, 2.05) is 0 Å². The predicted molar refractivity (Wildman–Crippen MR) is 215 cm³/mol. The molecule has 6 aromatic rings. The monoisotopic (exact) mass is 936 g/mol. The van der Waals surface area contributed by atoms with Gasteiger partial charge in [0.25, 0.3) is 40.5 Å². The molecule has 0 aliphatic heterocycles. The Hall–Kier alpha value is -5.54. The first-order valence-electron chi connectivity index (χ1n) is 16.3. The minimum atomic E-state index is -5.20. The number of anilines is 2. The molecule has 24 heteroatoms. The van der Waals surface area contributed by atoms with Crippen molar-refractivity contribution in [1.29, 1.82) is 0 Å². The average molecular weight is 937 g/mol. The highest BCUT2D eigenvalue weighted by Crippen LogP contribution is 2.41. The molecular formula is C36H28N2O16S6. The predicted octanol–water partition coefficient (Wildman–Crippen LogP) is 4.50. The van der Waals surface area contributed by atoms with Crippen molar-refractivity contribution in [3.8, 4) is 33.4 Å². The molecule has 0 unspecified atom stereocenters. The third-order valence-electron chi connectivity index (χ3n) is 8.89. The summed E-state index contributed by atoms with van der Waals surface area (Å²) in [6, 6.07) is 19.9. The molecule has 0 fully saturated rings. The van der Waals surface area contributed by atoms with Crippen LogP contribution in [0, 0.1) is 0 Å². The van der Waals surface area contributed by atoms with Gasteiger partial charge in [-0.15, -0.1) is 0 Å². The summed E-state index contributed by atoms with van der Waals surface area (Å²) >= 11 is 0. The fourth-order valence-electron chi connectivity index (χ4n) is 6.08. The maximum atomic E-state index is 14.4. The van der Waals surface area contributed by atoms with Crippen LogP contribution < -0.4 is 11.5 Å². The van der Waals surface area contributed by atoms with Gasteiger partial charge in [-0.3, -0.25) is 18.2 Å². The summed E-state index contributed by atoms with van der Waals surface area (Å²) in [6.45, 7) is 0. The third-order valence-corrected chi connectivity index (χ3v) is 16.0. The summed E-state index contributed by atoms with van der Waals surface area (Å²) in [6.07, 6.45) is 0. The second kappa shape index (κ2) is 15.2. The third kappa shape index (κ3) is 8.69. The first kappa shape index (κ1) is 44.0. The molecular weight excluding hydrogens is 909 g/mol. The molecule has 0 aliphatic carbocycles. The molecule has 314 valence electrons. The van der Waals surface area contributed by atoms with E-state index in [2.05, 4.69) is 0 Å². The van der Waals surface area contributed by atoms with Crippen molar-refractivity contribution in [2.24, 2.45) is 0 Å². The molecule has 0 heterocycles. The molecule has 0 amide bonds. The molecule has 8 N–H and O–H groups in total. The molecule has 0 bridgehead atoms. The van der Waals surface area contributed by atoms with Gasteiger partial charge in [-0.25, -0.2) is 16.8 Å². The van der Waals surface area contributed by atoms with E-state index in [0.717, 1.165) is 97.1 Å². The van der Waals surface area contributed by atoms with Crippen LogP contribution in [0.5, 0.6) is 0 Å². The van der Waals surface area contributed by atoms with Crippen LogP contribution in [0.4, 0.5) is 11.4 Å². The Morgan fingerprint density at radius 3 is 0.867 bits per heavy atom. The summed E-state index contributed by atoms with van der Waals surface area (Å²) in [5.74, 6) is 0. The Balaban J connectivity index is 1.51. The van der Waals surface area contributed by atoms with Crippen LogP contribution in [0.3, 0.4) is 0 Å². The van der Waals surface area contributed by atoms with E-state index in [1.165, 1.54) is 12.1 Å². The van der Waals surface area contributed by atoms with Gasteiger partial charge in [0.05, 0.1) is 29.4 Å². The van der Waals surface area contributed by atoms with Crippen LogP contribution >= 0.6 is 0 Å². The van der Waals surface area contributed by atoms with Gasteiger partial charge >= 0.3 is 0 Å². The van der Waals surface area contributed by atoms with E-state index < -0.39 is 99.3 Å². The second-order valence-corrected chi connectivity index (χ2v) is 22.2. The maximum Gasteiger partial charge on any atom is 0.295 e. The highest BCUT2D eigenvalue weighted by molar-refractivity contribution is 7.92. The summed E-state index contributed by atoms with van der Waals surface area (Å²) in [7, 11) is -29.5. The summed E-state index contributed by atoms with van der Waals surface area (Å²) in [4.78, 5) is -5.77. The Labute approximate surface area is 343 Å². The molecule has 6 rings (SSSR count). The number of hydrogen-bond donors (Lipinski definition) is 6. The zero-order chi connectivity index (χ0) is 44.4. The summed E-state index contributed by atoms with van der Waals surface area (Å²) in [5, 5.41) is 0. The van der Waals surface area contributed by atoms with Gasteiger partial charge in [0.1, 0.15) is 9.79 Å². The minimum Gasteiger partial charge on any atom is -0.399 e. The Morgan fingerprint density at radius 1 is 0.300 bits per heavy atom. The molecule has 0 atom stereocenters. The van der Waals surface area contributed by atoms with Gasteiger partial charge in [-0.2, -0.15) is 33.7 Å². The first-order valence-corrected chi connectivity index (χ1v) is 25.0. The summed E-state index contributed by atoms with van der Waals surface area (Å²) < 4.78 is 193. The molecule has 0 aliphatic rings. The van der Waals surface area contributed by atoms with Crippen molar-refractivity contribution < 1.29 is 68.7 Å². The zero-order valence-corrected chi connectivity index (χ0v) is 34.7. The van der Waals surface area contributed by atoms with Crippen LogP contribution in [-0.2, 0) is 60.1 Å². The van der Waals surface area contributed by atoms with Gasteiger partial charge in [0.15, 0.2) is 0 Å². The molecule has 0 radical (unpaired) electrons. The molecule has 0 spiro atoms. The molecule has 0 saturated heterocycles. The van der Waals surface area contributed by atoms with Crippen LogP contribution in [0.1, 0.15) is 0 Å². The topological polar surface area (TPSA) is 338 Å². The largest absolute Gasteiger partial charge is 0.399 e. The van der Waals surface area contributed by atoms with Gasteiger partial charge in [-0.1, -0.05) is 48.5 Å². The number of benzene rings is 6. The average Bonchev–Trinajstić information content (AvgIpc) is 3.16.